The van der Waals surface area contributed by atoms with E-state index in [-0.39, 0.29) is 69.7 Å². The minimum absolute atomic E-state index is 0. The van der Waals surface area contributed by atoms with Crippen molar-refractivity contribution in [1.29, 1.82) is 0 Å². The van der Waals surface area contributed by atoms with Gasteiger partial charge < -0.3 is 19.3 Å². The van der Waals surface area contributed by atoms with E-state index in [4.69, 9.17) is 0 Å². The SMILES string of the molecule is CC1=NN(c2cc(SOO[O-])ccc2S(=O)(=O)[O-])C(=O)C1Cc1cc(C)n(-c2ccc(N(C)C)cc2)c1C.[Na+].[Na+]. The summed E-state index contributed by atoms with van der Waals surface area (Å²) in [4.78, 5) is 15.1. The Labute approximate surface area is 281 Å². The van der Waals surface area contributed by atoms with Crippen molar-refractivity contribution in [3.63, 3.8) is 0 Å². The number of amides is 1. The van der Waals surface area contributed by atoms with Crippen LogP contribution in [0.2, 0.25) is 0 Å². The molecule has 1 atom stereocenters. The largest absolute Gasteiger partial charge is 1.00 e. The minimum atomic E-state index is -4.94. The number of anilines is 2. The maximum absolute atomic E-state index is 13.5. The number of rotatable bonds is 9. The van der Waals surface area contributed by atoms with Crippen molar-refractivity contribution in [1.82, 2.24) is 4.57 Å². The normalized spacial score (nSPS) is 15.0. The first-order valence-corrected chi connectivity index (χ1v) is 13.6. The zero-order chi connectivity index (χ0) is 27.8. The first-order chi connectivity index (χ1) is 17.9. The number of carbonyl (C=O) groups is 1. The van der Waals surface area contributed by atoms with Crippen molar-refractivity contribution in [2.75, 3.05) is 24.0 Å². The molecule has 4 rings (SSSR count). The first kappa shape index (κ1) is 35.0. The Bertz CT molecular complexity index is 1510. The molecule has 0 aliphatic carbocycles. The van der Waals surface area contributed by atoms with Crippen LogP contribution in [0.1, 0.15) is 23.9 Å². The molecule has 2 aromatic carbocycles. The second kappa shape index (κ2) is 14.3. The number of hydrazone groups is 1. The molecule has 40 heavy (non-hydrogen) atoms. The van der Waals surface area contributed by atoms with E-state index in [9.17, 15) is 23.0 Å². The molecule has 2 heterocycles. The van der Waals surface area contributed by atoms with Crippen LogP contribution in [-0.2, 0) is 30.7 Å². The van der Waals surface area contributed by atoms with Gasteiger partial charge in [-0.15, -0.1) is 0 Å². The Hall–Kier alpha value is -1.20. The van der Waals surface area contributed by atoms with E-state index in [1.54, 1.807) is 6.92 Å². The van der Waals surface area contributed by atoms with Crippen molar-refractivity contribution in [2.45, 2.75) is 37.0 Å². The first-order valence-electron chi connectivity index (χ1n) is 11.5. The van der Waals surface area contributed by atoms with Crippen molar-refractivity contribution in [2.24, 2.45) is 11.0 Å². The fourth-order valence-electron chi connectivity index (χ4n) is 4.54. The summed E-state index contributed by atoms with van der Waals surface area (Å²) in [5.41, 5.74) is 5.22. The summed E-state index contributed by atoms with van der Waals surface area (Å²) in [6, 6.07) is 13.7. The van der Waals surface area contributed by atoms with Crippen molar-refractivity contribution >= 4 is 45.2 Å². The topological polar surface area (TPSA) is 140 Å². The van der Waals surface area contributed by atoms with E-state index in [0.29, 0.717) is 24.2 Å². The van der Waals surface area contributed by atoms with Crippen molar-refractivity contribution in [3.8, 4) is 5.69 Å². The number of carbonyl (C=O) groups excluding carboxylic acids is 1. The van der Waals surface area contributed by atoms with Gasteiger partial charge in [0, 0.05) is 47.5 Å². The molecule has 0 fully saturated rings. The van der Waals surface area contributed by atoms with Gasteiger partial charge in [0.25, 0.3) is 5.91 Å². The summed E-state index contributed by atoms with van der Waals surface area (Å²) in [7, 11) is -0.983. The van der Waals surface area contributed by atoms with E-state index >= 15 is 0 Å². The molecule has 0 spiro atoms. The molecule has 1 unspecified atom stereocenters. The summed E-state index contributed by atoms with van der Waals surface area (Å²) in [5, 5.41) is 18.7. The van der Waals surface area contributed by atoms with Crippen molar-refractivity contribution in [3.05, 3.63) is 65.5 Å². The predicted octanol–water partition coefficient (Wildman–Crippen LogP) is -3.12. The molecular formula is C25H26N4Na2O7S2. The molecule has 15 heteroatoms. The number of aryl methyl sites for hydroxylation is 1. The van der Waals surface area contributed by atoms with E-state index < -0.39 is 26.8 Å². The molecule has 0 saturated carbocycles. The molecule has 1 aliphatic rings. The Morgan fingerprint density at radius 2 is 1.70 bits per heavy atom. The number of benzene rings is 2. The van der Waals surface area contributed by atoms with Crippen LogP contribution in [-0.4, -0.2) is 43.3 Å². The Balaban J connectivity index is 0.00000280. The maximum atomic E-state index is 13.5. The van der Waals surface area contributed by atoms with Gasteiger partial charge in [-0.05, 0) is 81.3 Å². The average molecular weight is 605 g/mol. The van der Waals surface area contributed by atoms with Crippen molar-refractivity contribution < 1.29 is 91.5 Å². The van der Waals surface area contributed by atoms with E-state index in [2.05, 4.69) is 19.0 Å². The molecule has 0 bridgehead atoms. The van der Waals surface area contributed by atoms with Crippen LogP contribution in [0, 0.1) is 19.8 Å². The number of hydrogen-bond acceptors (Lipinski definition) is 10. The van der Waals surface area contributed by atoms with E-state index in [1.807, 2.05) is 63.2 Å². The van der Waals surface area contributed by atoms with Crippen LogP contribution in [0.5, 0.6) is 0 Å². The predicted molar refractivity (Wildman–Crippen MR) is 140 cm³/mol. The summed E-state index contributed by atoms with van der Waals surface area (Å²) in [5.74, 6) is -1.14. The van der Waals surface area contributed by atoms with Gasteiger partial charge in [-0.3, -0.25) is 9.83 Å². The molecule has 202 valence electrons. The molecule has 0 radical (unpaired) electrons. The molecular weight excluding hydrogens is 578 g/mol. The number of aromatic nitrogens is 1. The third kappa shape index (κ3) is 7.41. The standard InChI is InChI=1S/C25H28N4O7S2.2Na/c1-15-12-18(17(3)28(15)20-8-6-19(7-9-20)27(4)5)13-22-16(2)26-29(25(22)30)23-14-21(37-36-35-31)10-11-24(23)38(32,33)34;;/h6-12,14,22,31H,13H2,1-5H3,(H,32,33,34);;/q;2*+1/p-2. The summed E-state index contributed by atoms with van der Waals surface area (Å²) in [6.45, 7) is 5.65. The van der Waals surface area contributed by atoms with Gasteiger partial charge in [-0.2, -0.15) is 14.4 Å². The van der Waals surface area contributed by atoms with Gasteiger partial charge in [-0.25, -0.2) is 8.42 Å². The van der Waals surface area contributed by atoms with Gasteiger partial charge in [0.2, 0.25) is 0 Å². The molecule has 3 aromatic rings. The number of nitrogens with zero attached hydrogens (tertiary/aromatic N) is 4. The third-order valence-electron chi connectivity index (χ3n) is 6.44. The van der Waals surface area contributed by atoms with E-state index in [0.717, 1.165) is 39.4 Å². The molecule has 1 aliphatic heterocycles. The zero-order valence-electron chi connectivity index (χ0n) is 23.4. The molecule has 0 saturated heterocycles. The molecule has 11 nitrogen and oxygen atoms in total. The van der Waals surface area contributed by atoms with Crippen LogP contribution in [0.4, 0.5) is 11.4 Å². The Morgan fingerprint density at radius 3 is 2.27 bits per heavy atom. The molecule has 1 amide bonds. The summed E-state index contributed by atoms with van der Waals surface area (Å²) >= 11 is 0.501. The fraction of sp³-hybridized carbons (Fsp3) is 0.280. The molecule has 1 aromatic heterocycles. The Morgan fingerprint density at radius 1 is 1.05 bits per heavy atom. The minimum Gasteiger partial charge on any atom is -0.744 e. The van der Waals surface area contributed by atoms with Crippen LogP contribution in [0.3, 0.4) is 0 Å². The van der Waals surface area contributed by atoms with Crippen LogP contribution in [0.25, 0.3) is 5.69 Å². The quantitative estimate of drug-likeness (QED) is 0.0817. The summed E-state index contributed by atoms with van der Waals surface area (Å²) in [6.07, 6.45) is 0.334. The fourth-order valence-corrected chi connectivity index (χ4v) is 5.57. The third-order valence-corrected chi connectivity index (χ3v) is 7.89. The zero-order valence-corrected chi connectivity index (χ0v) is 29.0. The monoisotopic (exact) mass is 604 g/mol. The van der Waals surface area contributed by atoms with Gasteiger partial charge in [0.15, 0.2) is 0 Å². The molecule has 0 N–H and O–H groups in total. The average Bonchev–Trinajstić information content (AvgIpc) is 3.31. The van der Waals surface area contributed by atoms with Crippen LogP contribution >= 0.6 is 12.0 Å². The second-order valence-electron chi connectivity index (χ2n) is 9.09. The van der Waals surface area contributed by atoms with Crippen LogP contribution in [0.15, 0.2) is 63.4 Å². The van der Waals surface area contributed by atoms with Gasteiger partial charge >= 0.3 is 59.1 Å². The van der Waals surface area contributed by atoms with E-state index in [1.165, 1.54) is 12.1 Å². The van der Waals surface area contributed by atoms with Crippen LogP contribution < -0.4 is 74.3 Å². The smallest absolute Gasteiger partial charge is 0.744 e. The maximum Gasteiger partial charge on any atom is 1.00 e. The summed E-state index contributed by atoms with van der Waals surface area (Å²) < 4.78 is 42.1. The van der Waals surface area contributed by atoms with Gasteiger partial charge in [-0.1, -0.05) is 0 Å². The van der Waals surface area contributed by atoms with Gasteiger partial charge in [0.1, 0.15) is 10.1 Å². The van der Waals surface area contributed by atoms with Gasteiger partial charge in [0.05, 0.1) is 28.5 Å². The second-order valence-corrected chi connectivity index (χ2v) is 11.2. The Kier molecular flexibility index (Phi) is 12.5. The number of hydrogen-bond donors (Lipinski definition) is 0.